The molecule has 1 aromatic heterocycles. The van der Waals surface area contributed by atoms with Crippen LogP contribution in [0.5, 0.6) is 0 Å². The molecule has 2 aromatic rings. The van der Waals surface area contributed by atoms with Crippen LogP contribution in [0.4, 0.5) is 28.5 Å². The first-order valence-corrected chi connectivity index (χ1v) is 6.53. The Labute approximate surface area is 121 Å². The summed E-state index contributed by atoms with van der Waals surface area (Å²) in [6.07, 6.45) is -3.79. The minimum Gasteiger partial charge on any atom is -0.383 e. The van der Waals surface area contributed by atoms with Crippen molar-refractivity contribution in [3.63, 3.8) is 0 Å². The number of hydrogen-bond acceptors (Lipinski definition) is 5. The number of nitrogens with one attached hydrogen (secondary N) is 1. The lowest BCUT2D eigenvalue weighted by molar-refractivity contribution is -0.140. The lowest BCUT2D eigenvalue weighted by atomic mass is 10.1. The fraction of sp³-hybridized carbons (Fsp3) is 0.167. The smallest absolute Gasteiger partial charge is 0.383 e. The summed E-state index contributed by atoms with van der Waals surface area (Å²) in [5.74, 6) is -1.07. The second kappa shape index (κ2) is 5.68. The zero-order valence-electron chi connectivity index (χ0n) is 10.7. The van der Waals surface area contributed by atoms with Crippen molar-refractivity contribution in [2.24, 2.45) is 5.10 Å². The molecule has 0 fully saturated rings. The number of nitrogens with two attached hydrogens (primary N) is 1. The van der Waals surface area contributed by atoms with E-state index in [0.29, 0.717) is 10.9 Å². The minimum atomic E-state index is -4.75. The summed E-state index contributed by atoms with van der Waals surface area (Å²) in [4.78, 5) is 3.84. The molecule has 0 amide bonds. The van der Waals surface area contributed by atoms with Crippen LogP contribution in [-0.2, 0) is 6.18 Å². The van der Waals surface area contributed by atoms with E-state index in [1.54, 1.807) is 5.38 Å². The minimum absolute atomic E-state index is 0.264. The van der Waals surface area contributed by atoms with Crippen LogP contribution in [0.2, 0.25) is 0 Å². The molecule has 0 radical (unpaired) electrons. The van der Waals surface area contributed by atoms with Gasteiger partial charge < -0.3 is 5.73 Å². The lowest BCUT2D eigenvalue weighted by Crippen LogP contribution is -2.10. The van der Waals surface area contributed by atoms with Crippen LogP contribution in [-0.4, -0.2) is 11.2 Å². The largest absolute Gasteiger partial charge is 0.419 e. The first-order valence-electron chi connectivity index (χ1n) is 5.65. The number of nitrogens with zero attached hydrogens (tertiary/aromatic N) is 2. The van der Waals surface area contributed by atoms with E-state index in [9.17, 15) is 17.6 Å². The predicted octanol–water partition coefficient (Wildman–Crippen LogP) is 3.64. The Bertz CT molecular complexity index is 678. The van der Waals surface area contributed by atoms with Crippen molar-refractivity contribution in [1.82, 2.24) is 4.98 Å². The van der Waals surface area contributed by atoms with Gasteiger partial charge in [-0.25, -0.2) is 9.37 Å². The molecule has 0 bridgehead atoms. The van der Waals surface area contributed by atoms with Crippen LogP contribution in [0.3, 0.4) is 0 Å². The molecule has 21 heavy (non-hydrogen) atoms. The molecule has 1 aromatic carbocycles. The molecule has 112 valence electrons. The summed E-state index contributed by atoms with van der Waals surface area (Å²) in [5, 5.41) is 5.58. The quantitative estimate of drug-likeness (QED) is 0.516. The number of aromatic nitrogens is 1. The molecule has 0 saturated heterocycles. The Morgan fingerprint density at radius 3 is 2.67 bits per heavy atom. The third-order valence-electron chi connectivity index (χ3n) is 2.44. The molecule has 4 nitrogen and oxygen atoms in total. The molecular weight excluding hydrogens is 308 g/mol. The van der Waals surface area contributed by atoms with Crippen molar-refractivity contribution < 1.29 is 17.6 Å². The Hall–Kier alpha value is -2.16. The molecule has 9 heteroatoms. The van der Waals surface area contributed by atoms with Gasteiger partial charge in [-0.1, -0.05) is 0 Å². The number of thiazole rings is 1. The molecule has 0 unspecified atom stereocenters. The number of benzene rings is 1. The van der Waals surface area contributed by atoms with Crippen molar-refractivity contribution in [1.29, 1.82) is 0 Å². The average Bonchev–Trinajstić information content (AvgIpc) is 2.77. The SMILES string of the molecule is Cc1cc(C=NNc2nc(N)cs2)c(F)c(C(F)(F)F)c1. The molecule has 0 aliphatic heterocycles. The summed E-state index contributed by atoms with van der Waals surface area (Å²) in [6.45, 7) is 1.45. The van der Waals surface area contributed by atoms with Crippen LogP contribution < -0.4 is 11.2 Å². The summed E-state index contributed by atoms with van der Waals surface area (Å²) in [5.41, 5.74) is 6.56. The highest BCUT2D eigenvalue weighted by molar-refractivity contribution is 7.14. The first-order chi connectivity index (χ1) is 9.77. The summed E-state index contributed by atoms with van der Waals surface area (Å²) in [6, 6.07) is 2.02. The number of rotatable bonds is 3. The lowest BCUT2D eigenvalue weighted by Gasteiger charge is -2.10. The topological polar surface area (TPSA) is 63.3 Å². The van der Waals surface area contributed by atoms with E-state index in [1.807, 2.05) is 0 Å². The number of hydrazone groups is 1. The van der Waals surface area contributed by atoms with Crippen LogP contribution in [0.25, 0.3) is 0 Å². The van der Waals surface area contributed by atoms with Gasteiger partial charge in [0, 0.05) is 10.9 Å². The van der Waals surface area contributed by atoms with Gasteiger partial charge in [0.15, 0.2) is 0 Å². The van der Waals surface area contributed by atoms with E-state index >= 15 is 0 Å². The highest BCUT2D eigenvalue weighted by Gasteiger charge is 2.35. The molecule has 0 spiro atoms. The molecule has 0 aliphatic rings. The van der Waals surface area contributed by atoms with Gasteiger partial charge in [0.1, 0.15) is 11.6 Å². The van der Waals surface area contributed by atoms with Crippen LogP contribution in [0.15, 0.2) is 22.6 Å². The van der Waals surface area contributed by atoms with E-state index in [2.05, 4.69) is 15.5 Å². The monoisotopic (exact) mass is 318 g/mol. The fourth-order valence-electron chi connectivity index (χ4n) is 1.59. The number of nitrogen functional groups attached to an aromatic ring is 1. The maximum atomic E-state index is 13.8. The van der Waals surface area contributed by atoms with Crippen LogP contribution >= 0.6 is 11.3 Å². The zero-order valence-corrected chi connectivity index (χ0v) is 11.5. The van der Waals surface area contributed by atoms with Gasteiger partial charge in [-0.2, -0.15) is 18.3 Å². The molecular formula is C12H10F4N4S. The second-order valence-electron chi connectivity index (χ2n) is 4.16. The van der Waals surface area contributed by atoms with E-state index in [1.165, 1.54) is 13.0 Å². The molecule has 0 aliphatic carbocycles. The second-order valence-corrected chi connectivity index (χ2v) is 5.02. The van der Waals surface area contributed by atoms with E-state index in [-0.39, 0.29) is 11.1 Å². The van der Waals surface area contributed by atoms with Gasteiger partial charge in [0.2, 0.25) is 5.13 Å². The normalized spacial score (nSPS) is 12.0. The molecule has 3 N–H and O–H groups in total. The van der Waals surface area contributed by atoms with Gasteiger partial charge in [-0.15, -0.1) is 11.3 Å². The standard InChI is InChI=1S/C12H10F4N4S/c1-6-2-7(10(13)8(3-6)12(14,15)16)4-18-20-11-19-9(17)5-21-11/h2-5H,17H2,1H3,(H,19,20). The van der Waals surface area contributed by atoms with Crippen molar-refractivity contribution in [2.75, 3.05) is 11.2 Å². The number of anilines is 2. The molecule has 0 atom stereocenters. The van der Waals surface area contributed by atoms with Gasteiger partial charge in [-0.3, -0.25) is 5.43 Å². The van der Waals surface area contributed by atoms with Crippen LogP contribution in [0, 0.1) is 12.7 Å². The van der Waals surface area contributed by atoms with Gasteiger partial charge >= 0.3 is 6.18 Å². The molecule has 0 saturated carbocycles. The third-order valence-corrected chi connectivity index (χ3v) is 3.20. The van der Waals surface area contributed by atoms with Crippen LogP contribution in [0.1, 0.15) is 16.7 Å². The van der Waals surface area contributed by atoms with E-state index in [4.69, 9.17) is 5.73 Å². The number of halogens is 4. The number of aryl methyl sites for hydroxylation is 1. The van der Waals surface area contributed by atoms with Gasteiger partial charge in [-0.05, 0) is 24.6 Å². The van der Waals surface area contributed by atoms with Crippen molar-refractivity contribution >= 4 is 28.5 Å². The zero-order chi connectivity index (χ0) is 15.6. The third kappa shape index (κ3) is 3.69. The Morgan fingerprint density at radius 1 is 1.38 bits per heavy atom. The van der Waals surface area contributed by atoms with Crippen molar-refractivity contribution in [3.05, 3.63) is 40.0 Å². The first kappa shape index (κ1) is 15.2. The number of hydrogen-bond donors (Lipinski definition) is 2. The summed E-state index contributed by atoms with van der Waals surface area (Å²) >= 11 is 1.16. The van der Waals surface area contributed by atoms with Crippen molar-refractivity contribution in [2.45, 2.75) is 13.1 Å². The Kier molecular flexibility index (Phi) is 4.12. The van der Waals surface area contributed by atoms with Crippen molar-refractivity contribution in [3.8, 4) is 0 Å². The van der Waals surface area contributed by atoms with Gasteiger partial charge in [0.05, 0.1) is 11.8 Å². The highest BCUT2D eigenvalue weighted by atomic mass is 32.1. The van der Waals surface area contributed by atoms with E-state index in [0.717, 1.165) is 23.6 Å². The Balaban J connectivity index is 2.25. The summed E-state index contributed by atoms with van der Waals surface area (Å²) in [7, 11) is 0. The maximum absolute atomic E-state index is 13.8. The molecule has 1 heterocycles. The average molecular weight is 318 g/mol. The number of alkyl halides is 3. The highest BCUT2D eigenvalue weighted by Crippen LogP contribution is 2.33. The predicted molar refractivity (Wildman–Crippen MR) is 73.9 cm³/mol. The fourth-order valence-corrected chi connectivity index (χ4v) is 2.14. The Morgan fingerprint density at radius 2 is 2.10 bits per heavy atom. The summed E-state index contributed by atoms with van der Waals surface area (Å²) < 4.78 is 51.8. The molecule has 2 rings (SSSR count). The van der Waals surface area contributed by atoms with E-state index < -0.39 is 17.6 Å². The van der Waals surface area contributed by atoms with Gasteiger partial charge in [0.25, 0.3) is 0 Å². The maximum Gasteiger partial charge on any atom is 0.419 e.